The van der Waals surface area contributed by atoms with Gasteiger partial charge in [-0.15, -0.1) is 0 Å². The fourth-order valence-electron chi connectivity index (χ4n) is 11.2. The zero-order valence-electron chi connectivity index (χ0n) is 39.1. The Balaban J connectivity index is 1.14. The summed E-state index contributed by atoms with van der Waals surface area (Å²) in [7, 11) is 0. The summed E-state index contributed by atoms with van der Waals surface area (Å²) in [6.45, 7) is 13.7. The molecule has 13 rings (SSSR count). The molecule has 0 saturated heterocycles. The van der Waals surface area contributed by atoms with E-state index in [0.717, 1.165) is 66.6 Å². The zero-order valence-corrected chi connectivity index (χ0v) is 39.1. The van der Waals surface area contributed by atoms with Gasteiger partial charge in [0.25, 0.3) is 0 Å². The molecule has 0 bridgehead atoms. The van der Waals surface area contributed by atoms with Crippen LogP contribution in [0.15, 0.2) is 188 Å². The number of benzene rings is 9. The summed E-state index contributed by atoms with van der Waals surface area (Å²) in [6.07, 6.45) is 0. The van der Waals surface area contributed by atoms with Crippen molar-refractivity contribution in [2.45, 2.75) is 52.4 Å². The summed E-state index contributed by atoms with van der Waals surface area (Å²) in [5.41, 5.74) is 16.3. The van der Waals surface area contributed by atoms with E-state index in [0.29, 0.717) is 5.56 Å². The van der Waals surface area contributed by atoms with Gasteiger partial charge in [-0.1, -0.05) is 139 Å². The fourth-order valence-corrected chi connectivity index (χ4v) is 11.2. The molecule has 0 N–H and O–H groups in total. The normalized spacial score (nSPS) is 12.5. The molecule has 326 valence electrons. The van der Waals surface area contributed by atoms with E-state index in [1.807, 2.05) is 6.07 Å². The zero-order chi connectivity index (χ0) is 46.2. The lowest BCUT2D eigenvalue weighted by Crippen LogP contribution is -2.10. The lowest BCUT2D eigenvalue weighted by Gasteiger charge is -2.19. The second-order valence-electron chi connectivity index (χ2n) is 20.5. The molecule has 0 aliphatic carbocycles. The highest BCUT2D eigenvalue weighted by molar-refractivity contribution is 6.31. The number of para-hydroxylation sites is 4. The summed E-state index contributed by atoms with van der Waals surface area (Å²) in [4.78, 5) is 0. The van der Waals surface area contributed by atoms with Crippen molar-refractivity contribution in [1.82, 2.24) is 18.3 Å². The molecule has 0 aliphatic heterocycles. The van der Waals surface area contributed by atoms with Crippen molar-refractivity contribution in [2.24, 2.45) is 0 Å². The largest absolute Gasteiger partial charge is 0.309 e. The maximum atomic E-state index is 11.0. The van der Waals surface area contributed by atoms with Gasteiger partial charge in [-0.05, 0) is 113 Å². The van der Waals surface area contributed by atoms with Gasteiger partial charge in [0.2, 0.25) is 0 Å². The molecular weight excluding hydrogens is 827 g/mol. The number of aromatic nitrogens is 4. The average molecular weight is 876 g/mol. The van der Waals surface area contributed by atoms with Gasteiger partial charge < -0.3 is 18.3 Å². The molecular formula is C63H49N5. The van der Waals surface area contributed by atoms with Crippen molar-refractivity contribution < 1.29 is 0 Å². The van der Waals surface area contributed by atoms with Crippen molar-refractivity contribution in [3.05, 3.63) is 205 Å². The number of nitrogens with zero attached hydrogens (tertiary/aromatic N) is 5. The number of fused-ring (bicyclic) bond motifs is 14. The van der Waals surface area contributed by atoms with Crippen LogP contribution in [-0.4, -0.2) is 18.3 Å². The highest BCUT2D eigenvalue weighted by Crippen LogP contribution is 2.47. The Morgan fingerprint density at radius 3 is 1.28 bits per heavy atom. The van der Waals surface area contributed by atoms with Crippen molar-refractivity contribution in [1.29, 1.82) is 5.26 Å². The van der Waals surface area contributed by atoms with Crippen LogP contribution < -0.4 is 0 Å². The molecule has 4 heterocycles. The minimum atomic E-state index is -0.00686. The van der Waals surface area contributed by atoms with Gasteiger partial charge in [0.15, 0.2) is 0 Å². The molecule has 0 spiro atoms. The van der Waals surface area contributed by atoms with Crippen LogP contribution in [0.4, 0.5) is 0 Å². The third-order valence-electron chi connectivity index (χ3n) is 14.5. The third-order valence-corrected chi connectivity index (χ3v) is 14.5. The second-order valence-corrected chi connectivity index (χ2v) is 20.5. The van der Waals surface area contributed by atoms with Crippen LogP contribution in [0.2, 0.25) is 0 Å². The van der Waals surface area contributed by atoms with Crippen LogP contribution in [0.3, 0.4) is 0 Å². The molecule has 68 heavy (non-hydrogen) atoms. The molecule has 4 aromatic heterocycles. The first-order chi connectivity index (χ1) is 33.0. The molecule has 0 saturated carbocycles. The molecule has 0 aliphatic rings. The molecule has 5 nitrogen and oxygen atoms in total. The fraction of sp³-hybridized carbons (Fsp3) is 0.127. The Labute approximate surface area is 394 Å². The lowest BCUT2D eigenvalue weighted by atomic mass is 9.85. The molecule has 0 unspecified atom stereocenters. The van der Waals surface area contributed by atoms with Gasteiger partial charge in [-0.25, -0.2) is 0 Å². The SMILES string of the molecule is CC(C)(C)c1ccc2c(c1)c1cc(C(C)(C)C)ccc1n2-c1ccc(C#N)c(-n2c3ccccc3c3c2ccc2c4ccc5c(c6ccccc6n5-c5ccccc5)c4n(-c4ccccc4)c23)c1. The Bertz CT molecular complexity index is 4200. The van der Waals surface area contributed by atoms with E-state index in [2.05, 4.69) is 248 Å². The highest BCUT2D eigenvalue weighted by atomic mass is 15.0. The molecule has 5 heteroatoms. The topological polar surface area (TPSA) is 43.5 Å². The standard InChI is InChI=1S/C63H49N5/c1-62(2,3)40-26-31-53-49(35-40)50-36-41(63(4,5)6)27-32-54(50)66(53)44-28-25-39(38-64)57(37-44)68-52-24-16-14-22-48(52)59-56(68)34-30-46-45-29-33-55-58(60(45)67(61(46)59)43-19-11-8-12-20-43)47-21-13-15-23-51(47)65(55)42-17-9-7-10-18-42/h7-37H,1-6H3. The van der Waals surface area contributed by atoms with Gasteiger partial charge in [0.1, 0.15) is 6.07 Å². The van der Waals surface area contributed by atoms with E-state index in [9.17, 15) is 5.26 Å². The molecule has 0 radical (unpaired) electrons. The summed E-state index contributed by atoms with van der Waals surface area (Å²) in [6, 6.07) is 71.1. The predicted molar refractivity (Wildman–Crippen MR) is 286 cm³/mol. The molecule has 0 amide bonds. The molecule has 0 fully saturated rings. The van der Waals surface area contributed by atoms with E-state index in [1.165, 1.54) is 54.5 Å². The number of hydrogen-bond donors (Lipinski definition) is 0. The first-order valence-corrected chi connectivity index (χ1v) is 23.7. The third kappa shape index (κ3) is 5.67. The summed E-state index contributed by atoms with van der Waals surface area (Å²) >= 11 is 0. The van der Waals surface area contributed by atoms with Crippen LogP contribution in [-0.2, 0) is 10.8 Å². The van der Waals surface area contributed by atoms with Crippen LogP contribution in [0.25, 0.3) is 110 Å². The molecule has 0 atom stereocenters. The predicted octanol–water partition coefficient (Wildman–Crippen LogP) is 16.5. The van der Waals surface area contributed by atoms with Crippen molar-refractivity contribution in [3.8, 4) is 28.8 Å². The minimum absolute atomic E-state index is 0.00686. The van der Waals surface area contributed by atoms with Gasteiger partial charge in [-0.2, -0.15) is 5.26 Å². The summed E-state index contributed by atoms with van der Waals surface area (Å²) in [5, 5.41) is 20.5. The van der Waals surface area contributed by atoms with Crippen LogP contribution >= 0.6 is 0 Å². The quantitative estimate of drug-likeness (QED) is 0.174. The van der Waals surface area contributed by atoms with Gasteiger partial charge in [0, 0.05) is 60.2 Å². The van der Waals surface area contributed by atoms with Crippen molar-refractivity contribution >= 4 is 87.2 Å². The van der Waals surface area contributed by atoms with Crippen LogP contribution in [0.5, 0.6) is 0 Å². The van der Waals surface area contributed by atoms with Gasteiger partial charge in [0.05, 0.1) is 55.4 Å². The van der Waals surface area contributed by atoms with E-state index in [4.69, 9.17) is 0 Å². The van der Waals surface area contributed by atoms with E-state index >= 15 is 0 Å². The van der Waals surface area contributed by atoms with E-state index in [1.54, 1.807) is 0 Å². The smallest absolute Gasteiger partial charge is 0.101 e. The maximum absolute atomic E-state index is 11.0. The first-order valence-electron chi connectivity index (χ1n) is 23.7. The van der Waals surface area contributed by atoms with Crippen molar-refractivity contribution in [2.75, 3.05) is 0 Å². The highest BCUT2D eigenvalue weighted by Gasteiger charge is 2.26. The number of rotatable bonds is 4. The Morgan fingerprint density at radius 1 is 0.338 bits per heavy atom. The van der Waals surface area contributed by atoms with Crippen molar-refractivity contribution in [3.63, 3.8) is 0 Å². The maximum Gasteiger partial charge on any atom is 0.101 e. The first kappa shape index (κ1) is 40.0. The Hall–Kier alpha value is -8.33. The summed E-state index contributed by atoms with van der Waals surface area (Å²) in [5.74, 6) is 0. The van der Waals surface area contributed by atoms with Crippen LogP contribution in [0.1, 0.15) is 58.2 Å². The minimum Gasteiger partial charge on any atom is -0.309 e. The van der Waals surface area contributed by atoms with Crippen LogP contribution in [0, 0.1) is 11.3 Å². The molecule has 13 aromatic rings. The van der Waals surface area contributed by atoms with Gasteiger partial charge in [-0.3, -0.25) is 0 Å². The number of nitriles is 1. The van der Waals surface area contributed by atoms with E-state index in [-0.39, 0.29) is 10.8 Å². The Kier molecular flexibility index (Phi) is 8.43. The number of hydrogen-bond acceptors (Lipinski definition) is 1. The molecule has 9 aromatic carbocycles. The average Bonchev–Trinajstić information content (AvgIpc) is 4.08. The lowest BCUT2D eigenvalue weighted by molar-refractivity contribution is 0.590. The second kappa shape index (κ2) is 14.3. The monoisotopic (exact) mass is 875 g/mol. The van der Waals surface area contributed by atoms with Gasteiger partial charge >= 0.3 is 0 Å². The summed E-state index contributed by atoms with van der Waals surface area (Å²) < 4.78 is 9.63. The van der Waals surface area contributed by atoms with E-state index < -0.39 is 0 Å². The Morgan fingerprint density at radius 2 is 0.765 bits per heavy atom.